The predicted octanol–water partition coefficient (Wildman–Crippen LogP) is 3.93. The van der Waals surface area contributed by atoms with Crippen molar-refractivity contribution in [3.05, 3.63) is 40.3 Å². The third-order valence-electron chi connectivity index (χ3n) is 4.75. The van der Waals surface area contributed by atoms with Crippen LogP contribution in [0.25, 0.3) is 10.8 Å². The Labute approximate surface area is 126 Å². The molecule has 1 fully saturated rings. The summed E-state index contributed by atoms with van der Waals surface area (Å²) in [5.41, 5.74) is 1.10. The Balaban J connectivity index is 1.87. The molecule has 2 aromatic rings. The normalized spacial score (nSPS) is 16.4. The van der Waals surface area contributed by atoms with Gasteiger partial charge in [-0.1, -0.05) is 57.2 Å². The molecule has 1 saturated carbocycles. The average Bonchev–Trinajstić information content (AvgIpc) is 2.55. The summed E-state index contributed by atoms with van der Waals surface area (Å²) in [4.78, 5) is 12.6. The molecule has 0 unspecified atom stereocenters. The van der Waals surface area contributed by atoms with Crippen molar-refractivity contribution in [1.29, 1.82) is 0 Å². The Morgan fingerprint density at radius 1 is 1.14 bits per heavy atom. The average molecular weight is 284 g/mol. The van der Waals surface area contributed by atoms with Gasteiger partial charge in [-0.25, -0.2) is 4.68 Å². The van der Waals surface area contributed by atoms with Crippen molar-refractivity contribution >= 4 is 10.8 Å². The van der Waals surface area contributed by atoms with E-state index >= 15 is 0 Å². The Kier molecular flexibility index (Phi) is 4.37. The van der Waals surface area contributed by atoms with E-state index in [-0.39, 0.29) is 5.56 Å². The Morgan fingerprint density at radius 2 is 1.86 bits per heavy atom. The summed E-state index contributed by atoms with van der Waals surface area (Å²) in [5, 5.41) is 6.43. The van der Waals surface area contributed by atoms with Gasteiger partial charge in [0.15, 0.2) is 0 Å². The molecule has 0 amide bonds. The summed E-state index contributed by atoms with van der Waals surface area (Å²) in [6.07, 6.45) is 8.69. The molecule has 0 radical (unpaired) electrons. The molecule has 0 aliphatic heterocycles. The van der Waals surface area contributed by atoms with Gasteiger partial charge in [0.2, 0.25) is 0 Å². The van der Waals surface area contributed by atoms with Crippen LogP contribution < -0.4 is 5.56 Å². The number of rotatable bonds is 4. The monoisotopic (exact) mass is 284 g/mol. The molecular weight excluding hydrogens is 260 g/mol. The lowest BCUT2D eigenvalue weighted by Gasteiger charge is -2.21. The zero-order valence-corrected chi connectivity index (χ0v) is 12.8. The molecule has 1 heterocycles. The second-order valence-corrected chi connectivity index (χ2v) is 6.17. The Morgan fingerprint density at radius 3 is 2.57 bits per heavy atom. The number of aromatic nitrogens is 2. The van der Waals surface area contributed by atoms with E-state index in [0.29, 0.717) is 0 Å². The van der Waals surface area contributed by atoms with Crippen LogP contribution in [0.2, 0.25) is 0 Å². The van der Waals surface area contributed by atoms with Gasteiger partial charge in [0.1, 0.15) is 0 Å². The van der Waals surface area contributed by atoms with E-state index < -0.39 is 0 Å². The lowest BCUT2D eigenvalue weighted by Crippen LogP contribution is -2.26. The van der Waals surface area contributed by atoms with Crippen molar-refractivity contribution in [2.45, 2.75) is 58.4 Å². The summed E-state index contributed by atoms with van der Waals surface area (Å²) >= 11 is 0. The lowest BCUT2D eigenvalue weighted by atomic mass is 9.87. The van der Waals surface area contributed by atoms with Gasteiger partial charge in [-0.15, -0.1) is 0 Å². The molecular formula is C18H24N2O. The second kappa shape index (κ2) is 6.42. The first-order valence-corrected chi connectivity index (χ1v) is 8.28. The molecule has 1 aliphatic rings. The first-order valence-electron chi connectivity index (χ1n) is 8.28. The van der Waals surface area contributed by atoms with Gasteiger partial charge in [0.25, 0.3) is 5.56 Å². The van der Waals surface area contributed by atoms with Gasteiger partial charge in [0.05, 0.1) is 11.1 Å². The zero-order valence-electron chi connectivity index (χ0n) is 12.8. The minimum atomic E-state index is 0.0682. The molecule has 112 valence electrons. The molecule has 0 spiro atoms. The number of fused-ring (bicyclic) bond motifs is 1. The molecule has 1 aromatic heterocycles. The fraction of sp³-hybridized carbons (Fsp3) is 0.556. The maximum Gasteiger partial charge on any atom is 0.274 e. The van der Waals surface area contributed by atoms with Crippen LogP contribution in [0.5, 0.6) is 0 Å². The second-order valence-electron chi connectivity index (χ2n) is 6.17. The molecule has 3 heteroatoms. The molecule has 0 atom stereocenters. The first kappa shape index (κ1) is 14.3. The van der Waals surface area contributed by atoms with Crippen LogP contribution in [-0.2, 0) is 13.0 Å². The highest BCUT2D eigenvalue weighted by molar-refractivity contribution is 5.83. The maximum absolute atomic E-state index is 12.6. The van der Waals surface area contributed by atoms with Gasteiger partial charge in [0, 0.05) is 11.9 Å². The van der Waals surface area contributed by atoms with E-state index in [2.05, 4.69) is 12.0 Å². The SMILES string of the molecule is CCc1nn(CCC2CCCCC2)c(=O)c2ccccc12. The van der Waals surface area contributed by atoms with E-state index in [1.165, 1.54) is 32.1 Å². The van der Waals surface area contributed by atoms with Crippen LogP contribution >= 0.6 is 0 Å². The van der Waals surface area contributed by atoms with Crippen LogP contribution in [0, 0.1) is 5.92 Å². The molecule has 1 aliphatic carbocycles. The third kappa shape index (κ3) is 3.02. The quantitative estimate of drug-likeness (QED) is 0.852. The van der Waals surface area contributed by atoms with E-state index in [0.717, 1.165) is 41.8 Å². The van der Waals surface area contributed by atoms with Gasteiger partial charge in [-0.2, -0.15) is 5.10 Å². The fourth-order valence-electron chi connectivity index (χ4n) is 3.50. The number of nitrogens with zero attached hydrogens (tertiary/aromatic N) is 2. The number of benzene rings is 1. The first-order chi connectivity index (χ1) is 10.3. The smallest absolute Gasteiger partial charge is 0.267 e. The molecule has 0 N–H and O–H groups in total. The van der Waals surface area contributed by atoms with Crippen LogP contribution in [0.15, 0.2) is 29.1 Å². The van der Waals surface area contributed by atoms with Crippen LogP contribution in [-0.4, -0.2) is 9.78 Å². The van der Waals surface area contributed by atoms with Gasteiger partial charge in [-0.3, -0.25) is 4.79 Å². The Bertz CT molecular complexity index is 668. The molecule has 3 rings (SSSR count). The summed E-state index contributed by atoms with van der Waals surface area (Å²) in [6, 6.07) is 7.85. The molecule has 1 aromatic carbocycles. The van der Waals surface area contributed by atoms with Crippen LogP contribution in [0.4, 0.5) is 0 Å². The summed E-state index contributed by atoms with van der Waals surface area (Å²) in [6.45, 7) is 2.87. The third-order valence-corrected chi connectivity index (χ3v) is 4.75. The number of hydrogen-bond acceptors (Lipinski definition) is 2. The van der Waals surface area contributed by atoms with Crippen molar-refractivity contribution in [2.75, 3.05) is 0 Å². The highest BCUT2D eigenvalue weighted by Crippen LogP contribution is 2.26. The molecule has 0 saturated heterocycles. The predicted molar refractivity (Wildman–Crippen MR) is 86.6 cm³/mol. The van der Waals surface area contributed by atoms with Crippen molar-refractivity contribution in [1.82, 2.24) is 9.78 Å². The van der Waals surface area contributed by atoms with E-state index in [9.17, 15) is 4.79 Å². The van der Waals surface area contributed by atoms with Crippen molar-refractivity contribution in [3.63, 3.8) is 0 Å². The van der Waals surface area contributed by atoms with Crippen LogP contribution in [0.3, 0.4) is 0 Å². The molecule has 0 bridgehead atoms. The van der Waals surface area contributed by atoms with Crippen LogP contribution in [0.1, 0.15) is 51.1 Å². The highest BCUT2D eigenvalue weighted by atomic mass is 16.1. The lowest BCUT2D eigenvalue weighted by molar-refractivity contribution is 0.316. The summed E-state index contributed by atoms with van der Waals surface area (Å²) in [7, 11) is 0. The Hall–Kier alpha value is -1.64. The standard InChI is InChI=1S/C18H24N2O/c1-2-17-15-10-6-7-11-16(15)18(21)20(19-17)13-12-14-8-4-3-5-9-14/h6-7,10-11,14H,2-5,8-9,12-13H2,1H3. The highest BCUT2D eigenvalue weighted by Gasteiger charge is 2.15. The summed E-state index contributed by atoms with van der Waals surface area (Å²) in [5.74, 6) is 0.781. The van der Waals surface area contributed by atoms with Crippen molar-refractivity contribution < 1.29 is 0 Å². The van der Waals surface area contributed by atoms with Crippen molar-refractivity contribution in [2.24, 2.45) is 5.92 Å². The largest absolute Gasteiger partial charge is 0.274 e. The number of hydrogen-bond donors (Lipinski definition) is 0. The van der Waals surface area contributed by atoms with E-state index in [4.69, 9.17) is 0 Å². The molecule has 21 heavy (non-hydrogen) atoms. The van der Waals surface area contributed by atoms with Gasteiger partial charge in [-0.05, 0) is 24.8 Å². The topological polar surface area (TPSA) is 34.9 Å². The minimum absolute atomic E-state index is 0.0682. The van der Waals surface area contributed by atoms with Gasteiger partial charge < -0.3 is 0 Å². The summed E-state index contributed by atoms with van der Waals surface area (Å²) < 4.78 is 1.70. The number of aryl methyl sites for hydroxylation is 2. The minimum Gasteiger partial charge on any atom is -0.267 e. The van der Waals surface area contributed by atoms with E-state index in [1.54, 1.807) is 4.68 Å². The fourth-order valence-corrected chi connectivity index (χ4v) is 3.50. The zero-order chi connectivity index (χ0) is 14.7. The maximum atomic E-state index is 12.6. The van der Waals surface area contributed by atoms with Gasteiger partial charge >= 0.3 is 0 Å². The van der Waals surface area contributed by atoms with Crippen molar-refractivity contribution in [3.8, 4) is 0 Å². The molecule has 3 nitrogen and oxygen atoms in total. The van der Waals surface area contributed by atoms with E-state index in [1.807, 2.05) is 24.3 Å².